The Morgan fingerprint density at radius 2 is 1.33 bits per heavy atom. The van der Waals surface area contributed by atoms with E-state index in [-0.39, 0.29) is 4.92 Å². The summed E-state index contributed by atoms with van der Waals surface area (Å²) in [6.45, 7) is 2.00. The molecular formula is C4H10I3NV+. The molecule has 56 valence electrons. The molecule has 0 saturated heterocycles. The second kappa shape index (κ2) is 10.4. The third-order valence-corrected chi connectivity index (χ3v) is 0.516. The van der Waals surface area contributed by atoms with Gasteiger partial charge in [-0.2, -0.15) is 0 Å². The number of nitrogens with zero attached hydrogens (tertiary/aromatic N) is 1. The van der Waals surface area contributed by atoms with E-state index in [0.29, 0.717) is 0 Å². The molecule has 0 aromatic rings. The molecule has 0 N–H and O–H groups in total. The predicted octanol–water partition coefficient (Wildman–Crippen LogP) is 3.00. The zero-order valence-electron chi connectivity index (χ0n) is 5.61. The van der Waals surface area contributed by atoms with Gasteiger partial charge in [0.15, 0.2) is 0 Å². The molecule has 0 heterocycles. The Balaban J connectivity index is 0. The van der Waals surface area contributed by atoms with Crippen molar-refractivity contribution in [1.82, 2.24) is 0 Å². The second-order valence-corrected chi connectivity index (χ2v) is 36.8. The average Bonchev–Trinajstić information content (AvgIpc) is 1.65. The summed E-state index contributed by atoms with van der Waals surface area (Å²) in [7, 11) is 4.00. The Bertz CT molecular complexity index is 77.1. The van der Waals surface area contributed by atoms with Gasteiger partial charge in [-0.05, 0) is 0 Å². The first-order valence-electron chi connectivity index (χ1n) is 2.24. The van der Waals surface area contributed by atoms with Crippen LogP contribution in [0, 0.1) is 0 Å². The van der Waals surface area contributed by atoms with Crippen LogP contribution in [0.2, 0.25) is 0 Å². The number of hydrogen-bond donors (Lipinski definition) is 0. The molecule has 0 atom stereocenters. The van der Waals surface area contributed by atoms with Crippen molar-refractivity contribution in [3.8, 4) is 0 Å². The molecule has 0 bridgehead atoms. The molecule has 1 nitrogen and oxygen atoms in total. The molecule has 5 heteroatoms. The Kier molecular flexibility index (Phi) is 16.2. The van der Waals surface area contributed by atoms with Crippen molar-refractivity contribution < 1.29 is 9.50 Å². The van der Waals surface area contributed by atoms with Crippen molar-refractivity contribution in [3.05, 3.63) is 0 Å². The van der Waals surface area contributed by atoms with E-state index >= 15 is 0 Å². The molecule has 0 aromatic carbocycles. The number of hydrogen-bond acceptors (Lipinski definition) is 0. The Morgan fingerprint density at radius 1 is 1.22 bits per heavy atom. The molecule has 0 aliphatic carbocycles. The van der Waals surface area contributed by atoms with Gasteiger partial charge in [-0.15, -0.1) is 0 Å². The van der Waals surface area contributed by atoms with E-state index < -0.39 is 0 Å². The minimum absolute atomic E-state index is 0.278. The molecule has 0 amide bonds. The van der Waals surface area contributed by atoms with Crippen LogP contribution in [0.25, 0.3) is 0 Å². The molecular weight excluding hydrogens is 494 g/mol. The van der Waals surface area contributed by atoms with Gasteiger partial charge >= 0.3 is 64.9 Å². The van der Waals surface area contributed by atoms with E-state index in [2.05, 4.69) is 59.9 Å². The topological polar surface area (TPSA) is 3.01 Å². The van der Waals surface area contributed by atoms with E-state index in [1.165, 1.54) is 0 Å². The summed E-state index contributed by atoms with van der Waals surface area (Å²) in [5, 5.41) is 0. The van der Waals surface area contributed by atoms with Gasteiger partial charge in [0.05, 0.1) is 0 Å². The summed E-state index contributed by atoms with van der Waals surface area (Å²) < 4.78 is 2.00. The Labute approximate surface area is 94.8 Å². The van der Waals surface area contributed by atoms with Crippen molar-refractivity contribution in [1.29, 1.82) is 0 Å². The van der Waals surface area contributed by atoms with E-state index in [1.807, 2.05) is 31.8 Å². The molecule has 0 rings (SSSR count). The zero-order valence-corrected chi connectivity index (χ0v) is 13.5. The third-order valence-electron chi connectivity index (χ3n) is 0.516. The summed E-state index contributed by atoms with van der Waals surface area (Å²) in [4.78, 5) is -0.278. The molecule has 0 radical (unpaired) electrons. The number of halogens is 3. The second-order valence-electron chi connectivity index (χ2n) is 1.41. The van der Waals surface area contributed by atoms with Crippen LogP contribution >= 0.6 is 59.9 Å². The summed E-state index contributed by atoms with van der Waals surface area (Å²) in [6.07, 6.45) is 2.00. The minimum atomic E-state index is -0.278. The van der Waals surface area contributed by atoms with Crippen molar-refractivity contribution in [2.45, 2.75) is 6.92 Å². The van der Waals surface area contributed by atoms with Crippen LogP contribution in [0.5, 0.6) is 0 Å². The van der Waals surface area contributed by atoms with Gasteiger partial charge in [0.1, 0.15) is 20.3 Å². The first kappa shape index (κ1) is 14.0. The van der Waals surface area contributed by atoms with Crippen LogP contribution < -0.4 is 0 Å². The van der Waals surface area contributed by atoms with Crippen LogP contribution in [-0.4, -0.2) is 24.9 Å². The fourth-order valence-corrected chi connectivity index (χ4v) is 0. The molecule has 9 heavy (non-hydrogen) atoms. The van der Waals surface area contributed by atoms with Crippen LogP contribution in [0.1, 0.15) is 6.92 Å². The molecule has 0 aromatic heterocycles. The van der Waals surface area contributed by atoms with Gasteiger partial charge in [-0.3, -0.25) is 0 Å². The van der Waals surface area contributed by atoms with E-state index in [4.69, 9.17) is 0 Å². The third kappa shape index (κ3) is 37.7. The average molecular weight is 504 g/mol. The van der Waals surface area contributed by atoms with Crippen molar-refractivity contribution in [3.63, 3.8) is 0 Å². The molecule has 0 saturated carbocycles. The van der Waals surface area contributed by atoms with Gasteiger partial charge in [-0.1, -0.05) is 0 Å². The van der Waals surface area contributed by atoms with Gasteiger partial charge in [0.2, 0.25) is 0 Å². The molecule has 0 fully saturated rings. The standard InChI is InChI=1S/C4H10N.3HI.V/c1-4-5(2)3;;;;/h4H,1-3H3;3*1H;/q+1;;;;+3/p-3. The van der Waals surface area contributed by atoms with Crippen molar-refractivity contribution >= 4 is 66.2 Å². The van der Waals surface area contributed by atoms with Gasteiger partial charge in [0, 0.05) is 6.92 Å². The predicted molar refractivity (Wildman–Crippen MR) is 65.9 cm³/mol. The summed E-state index contributed by atoms with van der Waals surface area (Å²) >= 11 is 7.39. The van der Waals surface area contributed by atoms with E-state index in [0.717, 1.165) is 0 Å². The number of rotatable bonds is 0. The normalized spacial score (nSPS) is 7.89. The van der Waals surface area contributed by atoms with Crippen LogP contribution in [0.15, 0.2) is 0 Å². The molecule has 0 unspecified atom stereocenters. The first-order chi connectivity index (χ1) is 4.00. The zero-order chi connectivity index (χ0) is 7.86. The van der Waals surface area contributed by atoms with E-state index in [1.54, 1.807) is 0 Å². The van der Waals surface area contributed by atoms with E-state index in [9.17, 15) is 0 Å². The molecule has 0 aliphatic heterocycles. The van der Waals surface area contributed by atoms with Gasteiger partial charge in [-0.25, -0.2) is 4.58 Å². The maximum absolute atomic E-state index is 2.46. The first-order valence-corrected chi connectivity index (χ1v) is 15.8. The van der Waals surface area contributed by atoms with Crippen molar-refractivity contribution in [2.75, 3.05) is 14.1 Å². The summed E-state index contributed by atoms with van der Waals surface area (Å²) in [5.41, 5.74) is 0. The maximum atomic E-state index is 2.46. The summed E-state index contributed by atoms with van der Waals surface area (Å²) in [6, 6.07) is 0. The van der Waals surface area contributed by atoms with Crippen LogP contribution in [-0.2, 0) is 4.92 Å². The molecule has 0 aliphatic rings. The SMILES string of the molecule is CC=[N+](C)C.[I][V]([I])[I]. The molecule has 0 spiro atoms. The Morgan fingerprint density at radius 3 is 1.33 bits per heavy atom. The van der Waals surface area contributed by atoms with Crippen molar-refractivity contribution in [2.24, 2.45) is 0 Å². The van der Waals surface area contributed by atoms with Crippen LogP contribution in [0.3, 0.4) is 0 Å². The summed E-state index contributed by atoms with van der Waals surface area (Å²) in [5.74, 6) is 0. The van der Waals surface area contributed by atoms with Gasteiger partial charge < -0.3 is 0 Å². The van der Waals surface area contributed by atoms with Gasteiger partial charge in [0.25, 0.3) is 0 Å². The fraction of sp³-hybridized carbons (Fsp3) is 0.750. The van der Waals surface area contributed by atoms with Crippen LogP contribution in [0.4, 0.5) is 0 Å². The fourth-order valence-electron chi connectivity index (χ4n) is 0. The monoisotopic (exact) mass is 504 g/mol. The Hall–Kier alpha value is 2.44. The quantitative estimate of drug-likeness (QED) is 0.272.